The monoisotopic (exact) mass is 434 g/mol. The predicted molar refractivity (Wildman–Crippen MR) is 124 cm³/mol. The molecule has 0 bridgehead atoms. The molecule has 1 saturated heterocycles. The standard InChI is InChI=1S/C24H19ClN2O2S/c1-16-6-10-19(11-7-16)26-24-27-23(28)22(30-24)14-17-8-12-20(13-9-17)29-15-18-4-2-3-5-21(18)25/h2-14H,15H2,1H3,(H,26,27,28)/b22-14-. The van der Waals surface area contributed by atoms with E-state index in [2.05, 4.69) is 10.3 Å². The van der Waals surface area contributed by atoms with E-state index in [1.54, 1.807) is 0 Å². The van der Waals surface area contributed by atoms with Crippen molar-refractivity contribution in [3.63, 3.8) is 0 Å². The highest BCUT2D eigenvalue weighted by molar-refractivity contribution is 8.18. The van der Waals surface area contributed by atoms with Crippen LogP contribution in [-0.4, -0.2) is 11.1 Å². The number of carbonyl (C=O) groups is 1. The highest BCUT2D eigenvalue weighted by Gasteiger charge is 2.23. The number of thioether (sulfide) groups is 1. The summed E-state index contributed by atoms with van der Waals surface area (Å²) in [5, 5.41) is 4.08. The van der Waals surface area contributed by atoms with Gasteiger partial charge < -0.3 is 10.1 Å². The van der Waals surface area contributed by atoms with Crippen molar-refractivity contribution in [3.05, 3.63) is 99.4 Å². The smallest absolute Gasteiger partial charge is 0.264 e. The largest absolute Gasteiger partial charge is 0.489 e. The summed E-state index contributed by atoms with van der Waals surface area (Å²) < 4.78 is 5.80. The maximum Gasteiger partial charge on any atom is 0.264 e. The molecule has 0 aromatic heterocycles. The Hall–Kier alpha value is -3.02. The molecule has 4 rings (SSSR count). The molecule has 1 heterocycles. The van der Waals surface area contributed by atoms with Crippen LogP contribution in [0.2, 0.25) is 5.02 Å². The zero-order valence-electron chi connectivity index (χ0n) is 16.3. The fourth-order valence-corrected chi connectivity index (χ4v) is 3.84. The van der Waals surface area contributed by atoms with Crippen molar-refractivity contribution in [2.45, 2.75) is 13.5 Å². The molecule has 0 saturated carbocycles. The van der Waals surface area contributed by atoms with Crippen molar-refractivity contribution >= 4 is 46.2 Å². The summed E-state index contributed by atoms with van der Waals surface area (Å²) in [7, 11) is 0. The molecule has 1 aliphatic heterocycles. The lowest BCUT2D eigenvalue weighted by Gasteiger charge is -2.08. The van der Waals surface area contributed by atoms with Gasteiger partial charge in [-0.3, -0.25) is 4.79 Å². The molecule has 1 N–H and O–H groups in total. The van der Waals surface area contributed by atoms with Crippen LogP contribution in [0.4, 0.5) is 5.69 Å². The number of nitrogens with zero attached hydrogens (tertiary/aromatic N) is 1. The SMILES string of the molecule is Cc1ccc(N=C2NC(=O)/C(=C/c3ccc(OCc4ccccc4Cl)cc3)S2)cc1. The van der Waals surface area contributed by atoms with Crippen molar-refractivity contribution in [1.82, 2.24) is 5.32 Å². The van der Waals surface area contributed by atoms with Gasteiger partial charge in [-0.25, -0.2) is 4.99 Å². The summed E-state index contributed by atoms with van der Waals surface area (Å²) in [5.74, 6) is 0.590. The number of hydrogen-bond acceptors (Lipinski definition) is 4. The quantitative estimate of drug-likeness (QED) is 0.492. The number of nitrogens with one attached hydrogen (secondary N) is 1. The topological polar surface area (TPSA) is 50.7 Å². The molecule has 1 amide bonds. The Labute approximate surface area is 184 Å². The lowest BCUT2D eigenvalue weighted by atomic mass is 10.2. The Balaban J connectivity index is 1.41. The summed E-state index contributed by atoms with van der Waals surface area (Å²) in [6.45, 7) is 2.42. The van der Waals surface area contributed by atoms with Crippen LogP contribution in [0.15, 0.2) is 82.7 Å². The van der Waals surface area contributed by atoms with Crippen LogP contribution in [-0.2, 0) is 11.4 Å². The maximum atomic E-state index is 12.3. The van der Waals surface area contributed by atoms with Crippen LogP contribution in [0.1, 0.15) is 16.7 Å². The summed E-state index contributed by atoms with van der Waals surface area (Å²) in [5.41, 5.74) is 3.82. The normalized spacial score (nSPS) is 16.1. The molecule has 0 aliphatic carbocycles. The van der Waals surface area contributed by atoms with Crippen LogP contribution in [0.5, 0.6) is 5.75 Å². The highest BCUT2D eigenvalue weighted by atomic mass is 35.5. The summed E-state index contributed by atoms with van der Waals surface area (Å²) in [6, 6.07) is 23.0. The van der Waals surface area contributed by atoms with Gasteiger partial charge in [0.15, 0.2) is 5.17 Å². The van der Waals surface area contributed by atoms with E-state index in [-0.39, 0.29) is 5.91 Å². The number of aliphatic imine (C=N–C) groups is 1. The molecule has 4 nitrogen and oxygen atoms in total. The van der Waals surface area contributed by atoms with Gasteiger partial charge >= 0.3 is 0 Å². The second kappa shape index (κ2) is 9.20. The Bertz CT molecular complexity index is 1120. The van der Waals surface area contributed by atoms with Crippen LogP contribution in [0.3, 0.4) is 0 Å². The summed E-state index contributed by atoms with van der Waals surface area (Å²) in [6.07, 6.45) is 1.84. The zero-order valence-corrected chi connectivity index (χ0v) is 17.8. The molecule has 30 heavy (non-hydrogen) atoms. The number of aryl methyl sites for hydroxylation is 1. The van der Waals surface area contributed by atoms with Gasteiger partial charge in [0.05, 0.1) is 10.6 Å². The van der Waals surface area contributed by atoms with E-state index in [0.29, 0.717) is 21.7 Å². The van der Waals surface area contributed by atoms with E-state index in [1.165, 1.54) is 17.3 Å². The molecule has 0 atom stereocenters. The molecule has 1 aliphatic rings. The van der Waals surface area contributed by atoms with Gasteiger partial charge in [-0.2, -0.15) is 0 Å². The number of rotatable bonds is 5. The van der Waals surface area contributed by atoms with Crippen LogP contribution < -0.4 is 10.1 Å². The predicted octanol–water partition coefficient (Wildman–Crippen LogP) is 6.12. The fraction of sp³-hybridized carbons (Fsp3) is 0.0833. The first kappa shape index (κ1) is 20.3. The molecule has 150 valence electrons. The first-order chi connectivity index (χ1) is 14.6. The molecule has 3 aromatic rings. The zero-order chi connectivity index (χ0) is 20.9. The van der Waals surface area contributed by atoms with Gasteiger partial charge in [0.25, 0.3) is 5.91 Å². The minimum atomic E-state index is -0.148. The molecule has 6 heteroatoms. The highest BCUT2D eigenvalue weighted by Crippen LogP contribution is 2.28. The average molecular weight is 435 g/mol. The summed E-state index contributed by atoms with van der Waals surface area (Å²) >= 11 is 7.49. The van der Waals surface area contributed by atoms with E-state index in [9.17, 15) is 4.79 Å². The molecule has 3 aromatic carbocycles. The van der Waals surface area contributed by atoms with Gasteiger partial charge in [0.2, 0.25) is 0 Å². The number of ether oxygens (including phenoxy) is 1. The minimum Gasteiger partial charge on any atom is -0.489 e. The van der Waals surface area contributed by atoms with Crippen LogP contribution >= 0.6 is 23.4 Å². The number of amidine groups is 1. The van der Waals surface area contributed by atoms with E-state index in [0.717, 1.165) is 22.6 Å². The number of hydrogen-bond donors (Lipinski definition) is 1. The fourth-order valence-electron chi connectivity index (χ4n) is 2.81. The number of halogens is 1. The number of carbonyl (C=O) groups excluding carboxylic acids is 1. The van der Waals surface area contributed by atoms with Crippen molar-refractivity contribution in [1.29, 1.82) is 0 Å². The lowest BCUT2D eigenvalue weighted by Crippen LogP contribution is -2.19. The van der Waals surface area contributed by atoms with Crippen LogP contribution in [0, 0.1) is 6.92 Å². The first-order valence-corrected chi connectivity index (χ1v) is 10.6. The second-order valence-electron chi connectivity index (χ2n) is 6.77. The van der Waals surface area contributed by atoms with Gasteiger partial charge in [-0.05, 0) is 60.7 Å². The lowest BCUT2D eigenvalue weighted by molar-refractivity contribution is -0.115. The Morgan fingerprint density at radius 1 is 1.03 bits per heavy atom. The van der Waals surface area contributed by atoms with Crippen molar-refractivity contribution in [2.75, 3.05) is 0 Å². The molecule has 0 spiro atoms. The van der Waals surface area contributed by atoms with Gasteiger partial charge in [0.1, 0.15) is 12.4 Å². The Morgan fingerprint density at radius 3 is 2.50 bits per heavy atom. The maximum absolute atomic E-state index is 12.3. The number of amides is 1. The van der Waals surface area contributed by atoms with Gasteiger partial charge in [0, 0.05) is 10.6 Å². The molecule has 1 fully saturated rings. The van der Waals surface area contributed by atoms with Crippen LogP contribution in [0.25, 0.3) is 6.08 Å². The minimum absolute atomic E-state index is 0.148. The van der Waals surface area contributed by atoms with E-state index in [1.807, 2.05) is 85.8 Å². The first-order valence-electron chi connectivity index (χ1n) is 9.39. The third-order valence-corrected chi connectivity index (χ3v) is 5.72. The second-order valence-corrected chi connectivity index (χ2v) is 8.20. The van der Waals surface area contributed by atoms with E-state index < -0.39 is 0 Å². The third kappa shape index (κ3) is 5.12. The third-order valence-electron chi connectivity index (χ3n) is 4.45. The summed E-state index contributed by atoms with van der Waals surface area (Å²) in [4.78, 5) is 17.4. The van der Waals surface area contributed by atoms with E-state index >= 15 is 0 Å². The molecule has 0 unspecified atom stereocenters. The molecular formula is C24H19ClN2O2S. The van der Waals surface area contributed by atoms with Gasteiger partial charge in [-0.1, -0.05) is 59.6 Å². The van der Waals surface area contributed by atoms with E-state index in [4.69, 9.17) is 16.3 Å². The molecular weight excluding hydrogens is 416 g/mol. The number of benzene rings is 3. The average Bonchev–Trinajstić information content (AvgIpc) is 3.09. The van der Waals surface area contributed by atoms with Crippen molar-refractivity contribution in [3.8, 4) is 5.75 Å². The van der Waals surface area contributed by atoms with Crippen molar-refractivity contribution < 1.29 is 9.53 Å². The Morgan fingerprint density at radius 2 is 1.77 bits per heavy atom. The van der Waals surface area contributed by atoms with Gasteiger partial charge in [-0.15, -0.1) is 0 Å². The van der Waals surface area contributed by atoms with Crippen molar-refractivity contribution in [2.24, 2.45) is 4.99 Å². The Kier molecular flexibility index (Phi) is 6.21. The molecule has 0 radical (unpaired) electrons.